The lowest BCUT2D eigenvalue weighted by molar-refractivity contribution is -0.304. The molecule has 1 fully saturated rings. The van der Waals surface area contributed by atoms with E-state index in [-0.39, 0.29) is 25.6 Å². The standard InChI is InChI=1S/C26H34O11/c1-34-19-8-13(3-2-6-27)7-16-17(10-28)24(37-25(16)19)14-4-5-18(30)15(9-14)12-35-26-23(33)22(32)21(31)20(11-29)36-26/h4-5,7-9,17,20-24,26-33H,2-3,6,10-12H2,1H3/t17-,20+,21+,22-,23+,24+,26+/m0/s1. The predicted octanol–water partition coefficient (Wildman–Crippen LogP) is -0.148. The molecular weight excluding hydrogens is 488 g/mol. The number of aryl methyl sites for hydroxylation is 1. The number of aliphatic hydroxyl groups is 6. The molecule has 0 bridgehead atoms. The van der Waals surface area contributed by atoms with E-state index in [4.69, 9.17) is 18.9 Å². The van der Waals surface area contributed by atoms with Gasteiger partial charge in [-0.05, 0) is 42.2 Å². The van der Waals surface area contributed by atoms with Crippen molar-refractivity contribution in [1.82, 2.24) is 0 Å². The topological polar surface area (TPSA) is 179 Å². The average Bonchev–Trinajstić information content (AvgIpc) is 3.29. The number of benzene rings is 2. The number of rotatable bonds is 10. The van der Waals surface area contributed by atoms with Gasteiger partial charge in [-0.3, -0.25) is 0 Å². The molecule has 0 aromatic heterocycles. The minimum atomic E-state index is -1.58. The fourth-order valence-corrected chi connectivity index (χ4v) is 4.81. The molecular formula is C26H34O11. The van der Waals surface area contributed by atoms with Gasteiger partial charge in [0.1, 0.15) is 36.3 Å². The van der Waals surface area contributed by atoms with Crippen molar-refractivity contribution in [3.63, 3.8) is 0 Å². The summed E-state index contributed by atoms with van der Waals surface area (Å²) in [5.41, 5.74) is 2.72. The molecule has 11 heteroatoms. The zero-order chi connectivity index (χ0) is 26.7. The van der Waals surface area contributed by atoms with E-state index >= 15 is 0 Å². The van der Waals surface area contributed by atoms with Crippen LogP contribution >= 0.6 is 0 Å². The number of fused-ring (bicyclic) bond motifs is 1. The summed E-state index contributed by atoms with van der Waals surface area (Å²) >= 11 is 0. The molecule has 37 heavy (non-hydrogen) atoms. The van der Waals surface area contributed by atoms with Gasteiger partial charge in [-0.25, -0.2) is 0 Å². The van der Waals surface area contributed by atoms with Gasteiger partial charge in [0.25, 0.3) is 0 Å². The van der Waals surface area contributed by atoms with E-state index in [0.29, 0.717) is 35.5 Å². The van der Waals surface area contributed by atoms with Crippen LogP contribution in [0, 0.1) is 0 Å². The third kappa shape index (κ3) is 5.54. The first-order chi connectivity index (χ1) is 17.8. The maximum atomic E-state index is 10.4. The van der Waals surface area contributed by atoms with Gasteiger partial charge in [-0.15, -0.1) is 0 Å². The van der Waals surface area contributed by atoms with E-state index in [9.17, 15) is 35.7 Å². The van der Waals surface area contributed by atoms with Gasteiger partial charge in [-0.2, -0.15) is 0 Å². The maximum absolute atomic E-state index is 10.4. The van der Waals surface area contributed by atoms with Gasteiger partial charge in [-0.1, -0.05) is 12.1 Å². The third-order valence-corrected chi connectivity index (χ3v) is 6.88. The summed E-state index contributed by atoms with van der Waals surface area (Å²) in [6.07, 6.45) is -6.48. The molecule has 0 aliphatic carbocycles. The molecule has 2 heterocycles. The summed E-state index contributed by atoms with van der Waals surface area (Å²) in [4.78, 5) is 0. The van der Waals surface area contributed by atoms with Gasteiger partial charge in [0, 0.05) is 17.7 Å². The molecule has 11 nitrogen and oxygen atoms in total. The van der Waals surface area contributed by atoms with Gasteiger partial charge in [0.15, 0.2) is 17.8 Å². The van der Waals surface area contributed by atoms with Crippen molar-refractivity contribution < 1.29 is 54.7 Å². The summed E-state index contributed by atoms with van der Waals surface area (Å²) in [7, 11) is 1.53. The molecule has 2 aromatic carbocycles. The van der Waals surface area contributed by atoms with Crippen molar-refractivity contribution in [2.24, 2.45) is 0 Å². The molecule has 0 amide bonds. The molecule has 2 aliphatic rings. The van der Waals surface area contributed by atoms with Crippen LogP contribution in [-0.2, 0) is 22.5 Å². The molecule has 0 unspecified atom stereocenters. The van der Waals surface area contributed by atoms with Crippen molar-refractivity contribution >= 4 is 0 Å². The largest absolute Gasteiger partial charge is 0.508 e. The summed E-state index contributed by atoms with van der Waals surface area (Å²) in [5, 5.41) is 69.4. The zero-order valence-electron chi connectivity index (χ0n) is 20.4. The second-order valence-corrected chi connectivity index (χ2v) is 9.27. The molecule has 0 spiro atoms. The molecule has 0 radical (unpaired) electrons. The summed E-state index contributed by atoms with van der Waals surface area (Å²) in [6.45, 7) is -0.954. The highest BCUT2D eigenvalue weighted by atomic mass is 16.7. The van der Waals surface area contributed by atoms with Crippen LogP contribution in [0.1, 0.15) is 40.7 Å². The first kappa shape index (κ1) is 27.6. The highest BCUT2D eigenvalue weighted by Crippen LogP contribution is 2.51. The first-order valence-corrected chi connectivity index (χ1v) is 12.2. The molecule has 204 valence electrons. The fourth-order valence-electron chi connectivity index (χ4n) is 4.81. The quantitative estimate of drug-likeness (QED) is 0.221. The van der Waals surface area contributed by atoms with Crippen LogP contribution < -0.4 is 9.47 Å². The summed E-state index contributed by atoms with van der Waals surface area (Å²) in [6, 6.07) is 8.58. The minimum Gasteiger partial charge on any atom is -0.508 e. The fraction of sp³-hybridized carbons (Fsp3) is 0.538. The molecule has 2 aromatic rings. The SMILES string of the molecule is COc1cc(CCCO)cc2c1O[C@H](c1ccc(O)c(CO[C@@H]3O[C@H](CO)[C@@H](O)[C@H](O)[C@H]3O)c1)[C@H]2CO. The van der Waals surface area contributed by atoms with Crippen LogP contribution in [0.4, 0.5) is 0 Å². The number of hydrogen-bond acceptors (Lipinski definition) is 11. The van der Waals surface area contributed by atoms with Gasteiger partial charge in [0.05, 0.1) is 32.8 Å². The number of phenols is 1. The Kier molecular flexibility index (Phi) is 8.88. The lowest BCUT2D eigenvalue weighted by Crippen LogP contribution is -2.59. The molecule has 4 rings (SSSR count). The van der Waals surface area contributed by atoms with Crippen molar-refractivity contribution in [1.29, 1.82) is 0 Å². The molecule has 7 atom stereocenters. The lowest BCUT2D eigenvalue weighted by Gasteiger charge is -2.39. The Labute approximate surface area is 214 Å². The van der Waals surface area contributed by atoms with Crippen LogP contribution in [0.15, 0.2) is 30.3 Å². The number of hydrogen-bond donors (Lipinski definition) is 7. The highest BCUT2D eigenvalue weighted by Gasteiger charge is 2.44. The Morgan fingerprint density at radius 3 is 2.41 bits per heavy atom. The summed E-state index contributed by atoms with van der Waals surface area (Å²) < 4.78 is 22.7. The van der Waals surface area contributed by atoms with Crippen molar-refractivity contribution in [2.75, 3.05) is 26.9 Å². The third-order valence-electron chi connectivity index (χ3n) is 6.88. The molecule has 0 saturated carbocycles. The van der Waals surface area contributed by atoms with Crippen molar-refractivity contribution in [2.45, 2.75) is 62.2 Å². The normalized spacial score (nSPS) is 29.1. The number of methoxy groups -OCH3 is 1. The Morgan fingerprint density at radius 2 is 1.73 bits per heavy atom. The lowest BCUT2D eigenvalue weighted by atomic mass is 9.89. The molecule has 7 N–H and O–H groups in total. The van der Waals surface area contributed by atoms with Crippen LogP contribution in [0.2, 0.25) is 0 Å². The monoisotopic (exact) mass is 522 g/mol. The Morgan fingerprint density at radius 1 is 0.946 bits per heavy atom. The number of aromatic hydroxyl groups is 1. The smallest absolute Gasteiger partial charge is 0.187 e. The summed E-state index contributed by atoms with van der Waals surface area (Å²) in [5.74, 6) is 0.540. The minimum absolute atomic E-state index is 0.0590. The van der Waals surface area contributed by atoms with Gasteiger partial charge >= 0.3 is 0 Å². The number of phenolic OH excluding ortho intramolecular Hbond substituents is 1. The van der Waals surface area contributed by atoms with E-state index in [0.717, 1.165) is 11.1 Å². The van der Waals surface area contributed by atoms with Crippen LogP contribution in [0.3, 0.4) is 0 Å². The van der Waals surface area contributed by atoms with Crippen molar-refractivity contribution in [3.8, 4) is 17.2 Å². The van der Waals surface area contributed by atoms with E-state index < -0.39 is 49.3 Å². The van der Waals surface area contributed by atoms with Crippen LogP contribution in [0.25, 0.3) is 0 Å². The molecule has 2 aliphatic heterocycles. The second kappa shape index (κ2) is 11.9. The van der Waals surface area contributed by atoms with Crippen LogP contribution in [-0.4, -0.2) is 93.4 Å². The van der Waals surface area contributed by atoms with Crippen molar-refractivity contribution in [3.05, 3.63) is 52.6 Å². The van der Waals surface area contributed by atoms with E-state index in [1.807, 2.05) is 12.1 Å². The predicted molar refractivity (Wildman–Crippen MR) is 128 cm³/mol. The zero-order valence-corrected chi connectivity index (χ0v) is 20.4. The second-order valence-electron chi connectivity index (χ2n) is 9.27. The Hall–Kier alpha value is -2.48. The highest BCUT2D eigenvalue weighted by molar-refractivity contribution is 5.55. The first-order valence-electron chi connectivity index (χ1n) is 12.2. The Bertz CT molecular complexity index is 1060. The number of ether oxygens (including phenoxy) is 4. The Balaban J connectivity index is 1.55. The van der Waals surface area contributed by atoms with E-state index in [1.165, 1.54) is 13.2 Å². The average molecular weight is 523 g/mol. The maximum Gasteiger partial charge on any atom is 0.187 e. The van der Waals surface area contributed by atoms with Gasteiger partial charge < -0.3 is 54.7 Å². The molecule has 1 saturated heterocycles. The van der Waals surface area contributed by atoms with E-state index in [2.05, 4.69) is 0 Å². The number of aliphatic hydroxyl groups excluding tert-OH is 6. The van der Waals surface area contributed by atoms with E-state index in [1.54, 1.807) is 12.1 Å². The van der Waals surface area contributed by atoms with Gasteiger partial charge in [0.2, 0.25) is 0 Å². The van der Waals surface area contributed by atoms with Crippen LogP contribution in [0.5, 0.6) is 17.2 Å².